The number of nitro groups is 1. The van der Waals surface area contributed by atoms with E-state index in [1.165, 1.54) is 23.1 Å². The van der Waals surface area contributed by atoms with E-state index in [0.29, 0.717) is 25.3 Å². The Bertz CT molecular complexity index is 801. The quantitative estimate of drug-likeness (QED) is 0.449. The molecule has 1 aromatic heterocycles. The first-order chi connectivity index (χ1) is 13.1. The van der Waals surface area contributed by atoms with E-state index >= 15 is 0 Å². The van der Waals surface area contributed by atoms with Crippen LogP contribution in [0.15, 0.2) is 47.9 Å². The van der Waals surface area contributed by atoms with Crippen LogP contribution in [0.25, 0.3) is 6.08 Å². The predicted molar refractivity (Wildman–Crippen MR) is 105 cm³/mol. The maximum absolute atomic E-state index is 12.2. The molecule has 7 nitrogen and oxygen atoms in total. The van der Waals surface area contributed by atoms with Crippen LogP contribution in [0, 0.1) is 10.1 Å². The minimum Gasteiger partial charge on any atom is -0.379 e. The second-order valence-electron chi connectivity index (χ2n) is 6.11. The van der Waals surface area contributed by atoms with Crippen molar-refractivity contribution >= 4 is 29.0 Å². The van der Waals surface area contributed by atoms with Crippen molar-refractivity contribution in [3.63, 3.8) is 0 Å². The summed E-state index contributed by atoms with van der Waals surface area (Å²) in [5.74, 6) is -0.226. The molecule has 142 valence electrons. The molecule has 8 heteroatoms. The fourth-order valence-corrected chi connectivity index (χ4v) is 3.81. The molecule has 3 rings (SSSR count). The topological polar surface area (TPSA) is 84.7 Å². The molecule has 0 saturated carbocycles. The van der Waals surface area contributed by atoms with Crippen LogP contribution in [-0.2, 0) is 9.53 Å². The molecule has 1 N–H and O–H groups in total. The predicted octanol–water partition coefficient (Wildman–Crippen LogP) is 2.86. The number of thiophene rings is 1. The molecule has 1 amide bonds. The third-order valence-electron chi connectivity index (χ3n) is 4.34. The SMILES string of the molecule is O=C(C=Cc1cccc([N+](=O)[O-])c1)NCC(c1cccs1)N1CCOCC1. The van der Waals surface area contributed by atoms with Gasteiger partial charge >= 0.3 is 0 Å². The molecule has 1 aliphatic rings. The highest BCUT2D eigenvalue weighted by Gasteiger charge is 2.23. The van der Waals surface area contributed by atoms with Crippen molar-refractivity contribution in [3.05, 3.63) is 68.4 Å². The van der Waals surface area contributed by atoms with Crippen molar-refractivity contribution < 1.29 is 14.5 Å². The molecule has 1 atom stereocenters. The standard InChI is InChI=1S/C19H21N3O4S/c23-19(7-6-15-3-1-4-16(13-15)22(24)25)20-14-17(18-5-2-12-27-18)21-8-10-26-11-9-21/h1-7,12-13,17H,8-11,14H2,(H,20,23). The van der Waals surface area contributed by atoms with Gasteiger partial charge in [-0.15, -0.1) is 11.3 Å². The summed E-state index contributed by atoms with van der Waals surface area (Å²) in [6.45, 7) is 3.56. The molecular weight excluding hydrogens is 366 g/mol. The molecule has 2 aromatic rings. The van der Waals surface area contributed by atoms with Crippen molar-refractivity contribution in [2.75, 3.05) is 32.8 Å². The van der Waals surface area contributed by atoms with Crippen LogP contribution in [0.1, 0.15) is 16.5 Å². The lowest BCUT2D eigenvalue weighted by atomic mass is 10.1. The second kappa shape index (κ2) is 9.40. The van der Waals surface area contributed by atoms with Gasteiger partial charge in [-0.2, -0.15) is 0 Å². The Hall–Kier alpha value is -2.55. The largest absolute Gasteiger partial charge is 0.379 e. The van der Waals surface area contributed by atoms with Gasteiger partial charge < -0.3 is 10.1 Å². The highest BCUT2D eigenvalue weighted by atomic mass is 32.1. The molecule has 0 radical (unpaired) electrons. The highest BCUT2D eigenvalue weighted by molar-refractivity contribution is 7.10. The number of carbonyl (C=O) groups is 1. The summed E-state index contributed by atoms with van der Waals surface area (Å²) in [6.07, 6.45) is 2.99. The minimum atomic E-state index is -0.453. The van der Waals surface area contributed by atoms with Gasteiger partial charge in [-0.1, -0.05) is 18.2 Å². The number of non-ortho nitro benzene ring substituents is 1. The number of benzene rings is 1. The number of morpholine rings is 1. The van der Waals surface area contributed by atoms with Crippen molar-refractivity contribution in [2.45, 2.75) is 6.04 Å². The molecule has 1 aromatic carbocycles. The Morgan fingerprint density at radius 2 is 2.15 bits per heavy atom. The van der Waals surface area contributed by atoms with E-state index in [4.69, 9.17) is 4.74 Å². The normalized spacial score (nSPS) is 16.3. The van der Waals surface area contributed by atoms with E-state index < -0.39 is 4.92 Å². The lowest BCUT2D eigenvalue weighted by molar-refractivity contribution is -0.384. The lowest BCUT2D eigenvalue weighted by Gasteiger charge is -2.34. The van der Waals surface area contributed by atoms with E-state index in [1.807, 2.05) is 11.4 Å². The first-order valence-electron chi connectivity index (χ1n) is 8.69. The molecule has 1 saturated heterocycles. The van der Waals surface area contributed by atoms with Gasteiger partial charge in [0.15, 0.2) is 0 Å². The third kappa shape index (κ3) is 5.46. The van der Waals surface area contributed by atoms with Crippen LogP contribution in [0.3, 0.4) is 0 Å². The van der Waals surface area contributed by atoms with Crippen molar-refractivity contribution in [2.24, 2.45) is 0 Å². The van der Waals surface area contributed by atoms with Crippen LogP contribution >= 0.6 is 11.3 Å². The van der Waals surface area contributed by atoms with Crippen molar-refractivity contribution in [1.29, 1.82) is 0 Å². The average Bonchev–Trinajstić information content (AvgIpc) is 3.22. The second-order valence-corrected chi connectivity index (χ2v) is 7.09. The molecule has 1 fully saturated rings. The maximum atomic E-state index is 12.2. The molecule has 0 bridgehead atoms. The molecule has 1 aliphatic heterocycles. The number of nitrogens with zero attached hydrogens (tertiary/aromatic N) is 2. The maximum Gasteiger partial charge on any atom is 0.270 e. The minimum absolute atomic E-state index is 0.00244. The number of rotatable bonds is 7. The van der Waals surface area contributed by atoms with E-state index in [-0.39, 0.29) is 17.6 Å². The van der Waals surface area contributed by atoms with Crippen LogP contribution < -0.4 is 5.32 Å². The van der Waals surface area contributed by atoms with Gasteiger partial charge in [0, 0.05) is 42.7 Å². The molecule has 0 aliphatic carbocycles. The van der Waals surface area contributed by atoms with E-state index in [1.54, 1.807) is 29.5 Å². The average molecular weight is 387 g/mol. The number of nitro benzene ring substituents is 1. The summed E-state index contributed by atoms with van der Waals surface area (Å²) in [5, 5.41) is 15.8. The number of nitrogens with one attached hydrogen (secondary N) is 1. The molecule has 0 spiro atoms. The fraction of sp³-hybridized carbons (Fsp3) is 0.316. The van der Waals surface area contributed by atoms with Crippen LogP contribution in [0.2, 0.25) is 0 Å². The Balaban J connectivity index is 1.60. The van der Waals surface area contributed by atoms with E-state index in [2.05, 4.69) is 16.3 Å². The summed E-state index contributed by atoms with van der Waals surface area (Å²) in [5.41, 5.74) is 0.616. The van der Waals surface area contributed by atoms with Gasteiger partial charge in [0.2, 0.25) is 5.91 Å². The lowest BCUT2D eigenvalue weighted by Crippen LogP contribution is -2.43. The van der Waals surface area contributed by atoms with Crippen LogP contribution in [-0.4, -0.2) is 48.6 Å². The third-order valence-corrected chi connectivity index (χ3v) is 5.31. The van der Waals surface area contributed by atoms with Gasteiger partial charge in [0.25, 0.3) is 5.69 Å². The van der Waals surface area contributed by atoms with Gasteiger partial charge in [-0.25, -0.2) is 0 Å². The summed E-state index contributed by atoms with van der Waals surface area (Å²) < 4.78 is 5.42. The van der Waals surface area contributed by atoms with Gasteiger partial charge in [0.05, 0.1) is 24.2 Å². The van der Waals surface area contributed by atoms with Gasteiger partial charge in [-0.05, 0) is 23.1 Å². The number of carbonyl (C=O) groups excluding carboxylic acids is 1. The van der Waals surface area contributed by atoms with Crippen molar-refractivity contribution in [1.82, 2.24) is 10.2 Å². The Morgan fingerprint density at radius 3 is 2.85 bits per heavy atom. The van der Waals surface area contributed by atoms with Crippen LogP contribution in [0.4, 0.5) is 5.69 Å². The zero-order valence-electron chi connectivity index (χ0n) is 14.7. The smallest absolute Gasteiger partial charge is 0.270 e. The Labute approximate surface area is 161 Å². The van der Waals surface area contributed by atoms with Crippen molar-refractivity contribution in [3.8, 4) is 0 Å². The number of hydrogen-bond donors (Lipinski definition) is 1. The summed E-state index contributed by atoms with van der Waals surface area (Å²) in [4.78, 5) is 26.1. The number of ether oxygens (including phenoxy) is 1. The Morgan fingerprint density at radius 1 is 1.33 bits per heavy atom. The molecule has 1 unspecified atom stereocenters. The highest BCUT2D eigenvalue weighted by Crippen LogP contribution is 2.25. The molecule has 2 heterocycles. The number of amides is 1. The first kappa shape index (κ1) is 19.2. The van der Waals surface area contributed by atoms with E-state index in [9.17, 15) is 14.9 Å². The zero-order valence-corrected chi connectivity index (χ0v) is 15.6. The van der Waals surface area contributed by atoms with Crippen LogP contribution in [0.5, 0.6) is 0 Å². The number of hydrogen-bond acceptors (Lipinski definition) is 6. The van der Waals surface area contributed by atoms with E-state index in [0.717, 1.165) is 13.1 Å². The summed E-state index contributed by atoms with van der Waals surface area (Å²) in [6, 6.07) is 10.4. The zero-order chi connectivity index (χ0) is 19.1. The summed E-state index contributed by atoms with van der Waals surface area (Å²) in [7, 11) is 0. The molecule has 27 heavy (non-hydrogen) atoms. The molecular formula is C19H21N3O4S. The monoisotopic (exact) mass is 387 g/mol. The first-order valence-corrected chi connectivity index (χ1v) is 9.57. The van der Waals surface area contributed by atoms with Gasteiger partial charge in [-0.3, -0.25) is 19.8 Å². The summed E-state index contributed by atoms with van der Waals surface area (Å²) >= 11 is 1.68. The fourth-order valence-electron chi connectivity index (χ4n) is 2.95. The van der Waals surface area contributed by atoms with Gasteiger partial charge in [0.1, 0.15) is 0 Å². The Kier molecular flexibility index (Phi) is 6.69.